The molecule has 1 saturated carbocycles. The molecule has 1 saturated heterocycles. The smallest absolute Gasteiger partial charge is 0.329 e. The minimum absolute atomic E-state index is 0.0165. The van der Waals surface area contributed by atoms with E-state index >= 15 is 0 Å². The topological polar surface area (TPSA) is 143 Å². The summed E-state index contributed by atoms with van der Waals surface area (Å²) in [6.45, 7) is 1.76. The van der Waals surface area contributed by atoms with Crippen molar-refractivity contribution in [2.45, 2.75) is 88.5 Å². The summed E-state index contributed by atoms with van der Waals surface area (Å²) in [5.41, 5.74) is 13.9. The van der Waals surface area contributed by atoms with Gasteiger partial charge in [-0.15, -0.1) is 0 Å². The van der Waals surface area contributed by atoms with Crippen LogP contribution in [0.15, 0.2) is 34.1 Å². The van der Waals surface area contributed by atoms with Crippen molar-refractivity contribution in [1.29, 1.82) is 0 Å². The number of fused-ring (bicyclic) bond motifs is 2. The first-order valence-electron chi connectivity index (χ1n) is 14.3. The normalized spacial score (nSPS) is 19.8. The summed E-state index contributed by atoms with van der Waals surface area (Å²) in [7, 11) is 0. The maximum absolute atomic E-state index is 14.1. The molecule has 9 nitrogen and oxygen atoms in total. The van der Waals surface area contributed by atoms with Crippen molar-refractivity contribution in [3.63, 3.8) is 0 Å². The van der Waals surface area contributed by atoms with E-state index in [0.29, 0.717) is 50.5 Å². The maximum atomic E-state index is 14.1. The van der Waals surface area contributed by atoms with Crippen LogP contribution in [0.2, 0.25) is 0 Å². The lowest BCUT2D eigenvalue weighted by atomic mass is 9.73. The van der Waals surface area contributed by atoms with Gasteiger partial charge in [0, 0.05) is 19.6 Å². The SMILES string of the molecule is NC(N)=NCCCc1[nH]c(=O)n([C@H](CC2CCCCC2)C(=O)N2CCC3(CCc4ccccc43)CC2)c1O. The van der Waals surface area contributed by atoms with E-state index in [1.54, 1.807) is 0 Å². The number of carbonyl (C=O) groups excluding carboxylic acids is 1. The summed E-state index contributed by atoms with van der Waals surface area (Å²) < 4.78 is 1.32. The first-order valence-corrected chi connectivity index (χ1v) is 14.3. The summed E-state index contributed by atoms with van der Waals surface area (Å²) in [6.07, 6.45) is 11.4. The van der Waals surface area contributed by atoms with Gasteiger partial charge >= 0.3 is 5.69 Å². The number of aromatic hydroxyl groups is 1. The van der Waals surface area contributed by atoms with E-state index < -0.39 is 11.7 Å². The van der Waals surface area contributed by atoms with Gasteiger partial charge in [-0.2, -0.15) is 0 Å². The number of nitrogens with zero attached hydrogens (tertiary/aromatic N) is 3. The van der Waals surface area contributed by atoms with E-state index in [2.05, 4.69) is 34.2 Å². The summed E-state index contributed by atoms with van der Waals surface area (Å²) in [5, 5.41) is 11.1. The molecule has 5 rings (SSSR count). The predicted molar refractivity (Wildman–Crippen MR) is 148 cm³/mol. The summed E-state index contributed by atoms with van der Waals surface area (Å²) in [5.74, 6) is 0.220. The second-order valence-corrected chi connectivity index (χ2v) is 11.5. The Morgan fingerprint density at radius 2 is 1.87 bits per heavy atom. The Morgan fingerprint density at radius 3 is 2.61 bits per heavy atom. The molecule has 1 aliphatic heterocycles. The van der Waals surface area contributed by atoms with Gasteiger partial charge in [0.1, 0.15) is 6.04 Å². The van der Waals surface area contributed by atoms with Gasteiger partial charge in [-0.1, -0.05) is 56.4 Å². The minimum atomic E-state index is -0.696. The molecular formula is C29H42N6O3. The average Bonchev–Trinajstić information content (AvgIpc) is 3.42. The molecule has 3 aliphatic rings. The van der Waals surface area contributed by atoms with Crippen LogP contribution in [0.25, 0.3) is 0 Å². The van der Waals surface area contributed by atoms with Gasteiger partial charge in [0.15, 0.2) is 5.96 Å². The Labute approximate surface area is 224 Å². The molecule has 1 aromatic carbocycles. The summed E-state index contributed by atoms with van der Waals surface area (Å²) in [6, 6.07) is 8.04. The number of piperidine rings is 1. The molecule has 0 bridgehead atoms. The standard InChI is InChI=1S/C29H42N6O3/c30-27(31)32-16-6-11-23-25(36)35(28(38)33-23)24(19-20-7-2-1-3-8-20)26(37)34-17-14-29(15-18-34)13-12-21-9-4-5-10-22(21)29/h4-5,9-10,20,24,36H,1-3,6-8,11-19H2,(H,33,38)(H4,30,31,32)/t24-/m1/s1. The molecule has 2 fully saturated rings. The zero-order valence-electron chi connectivity index (χ0n) is 22.3. The zero-order chi connectivity index (χ0) is 26.7. The van der Waals surface area contributed by atoms with Crippen molar-refractivity contribution in [1.82, 2.24) is 14.5 Å². The van der Waals surface area contributed by atoms with Crippen LogP contribution in [0.3, 0.4) is 0 Å². The number of likely N-dealkylation sites (tertiary alicyclic amines) is 1. The van der Waals surface area contributed by atoms with Gasteiger partial charge in [0.05, 0.1) is 5.69 Å². The number of benzene rings is 1. The fourth-order valence-corrected chi connectivity index (χ4v) is 7.12. The number of nitrogens with two attached hydrogens (primary N) is 2. The van der Waals surface area contributed by atoms with E-state index in [9.17, 15) is 14.7 Å². The van der Waals surface area contributed by atoms with E-state index in [1.807, 2.05) is 4.90 Å². The number of imidazole rings is 1. The number of nitrogens with one attached hydrogen (secondary N) is 1. The number of hydrogen-bond donors (Lipinski definition) is 4. The molecule has 1 spiro atoms. The number of aryl methyl sites for hydroxylation is 2. The molecule has 9 heteroatoms. The van der Waals surface area contributed by atoms with Gasteiger partial charge in [-0.25, -0.2) is 4.79 Å². The first-order chi connectivity index (χ1) is 18.4. The van der Waals surface area contributed by atoms with Crippen LogP contribution < -0.4 is 17.2 Å². The zero-order valence-corrected chi connectivity index (χ0v) is 22.3. The van der Waals surface area contributed by atoms with Crippen molar-refractivity contribution < 1.29 is 9.90 Å². The maximum Gasteiger partial charge on any atom is 0.329 e. The fraction of sp³-hybridized carbons (Fsp3) is 0.621. The molecule has 2 heterocycles. The number of aromatic nitrogens is 2. The van der Waals surface area contributed by atoms with Crippen molar-refractivity contribution in [2.24, 2.45) is 22.4 Å². The molecule has 1 amide bonds. The second-order valence-electron chi connectivity index (χ2n) is 11.5. The average molecular weight is 523 g/mol. The number of guanidine groups is 1. The second kappa shape index (κ2) is 11.3. The largest absolute Gasteiger partial charge is 0.493 e. The monoisotopic (exact) mass is 522 g/mol. The molecule has 0 radical (unpaired) electrons. The lowest BCUT2D eigenvalue weighted by molar-refractivity contribution is -0.137. The van der Waals surface area contributed by atoms with Gasteiger partial charge in [0.2, 0.25) is 11.8 Å². The quantitative estimate of drug-likeness (QED) is 0.239. The number of carbonyl (C=O) groups is 1. The van der Waals surface area contributed by atoms with E-state index in [-0.39, 0.29) is 23.2 Å². The third-order valence-corrected chi connectivity index (χ3v) is 9.23. The molecule has 2 aromatic rings. The molecule has 2 aliphatic carbocycles. The Morgan fingerprint density at radius 1 is 1.13 bits per heavy atom. The van der Waals surface area contributed by atoms with E-state index in [1.165, 1.54) is 22.1 Å². The third-order valence-electron chi connectivity index (χ3n) is 9.23. The highest BCUT2D eigenvalue weighted by atomic mass is 16.3. The Balaban J connectivity index is 1.34. The predicted octanol–water partition coefficient (Wildman–Crippen LogP) is 3.11. The number of hydrogen-bond acceptors (Lipinski definition) is 4. The van der Waals surface area contributed by atoms with E-state index in [0.717, 1.165) is 51.4 Å². The van der Waals surface area contributed by atoms with Crippen LogP contribution in [0.4, 0.5) is 0 Å². The van der Waals surface area contributed by atoms with Crippen LogP contribution >= 0.6 is 0 Å². The number of rotatable bonds is 8. The van der Waals surface area contributed by atoms with Crippen molar-refractivity contribution in [3.05, 3.63) is 51.6 Å². The highest BCUT2D eigenvalue weighted by Crippen LogP contribution is 2.46. The molecular weight excluding hydrogens is 480 g/mol. The molecule has 1 aromatic heterocycles. The summed E-state index contributed by atoms with van der Waals surface area (Å²) in [4.78, 5) is 35.9. The van der Waals surface area contributed by atoms with Gasteiger partial charge < -0.3 is 26.5 Å². The number of aliphatic imine (C=N–C) groups is 1. The molecule has 38 heavy (non-hydrogen) atoms. The Bertz CT molecular complexity index is 1210. The molecule has 0 unspecified atom stereocenters. The van der Waals surface area contributed by atoms with Gasteiger partial charge in [0.25, 0.3) is 0 Å². The Hall–Kier alpha value is -3.23. The van der Waals surface area contributed by atoms with Crippen LogP contribution in [0.1, 0.15) is 87.1 Å². The van der Waals surface area contributed by atoms with Crippen molar-refractivity contribution in [2.75, 3.05) is 19.6 Å². The molecule has 1 atom stereocenters. The molecule has 206 valence electrons. The number of H-pyrrole nitrogens is 1. The van der Waals surface area contributed by atoms with Crippen LogP contribution in [-0.4, -0.2) is 51.1 Å². The van der Waals surface area contributed by atoms with Crippen molar-refractivity contribution >= 4 is 11.9 Å². The third kappa shape index (κ3) is 5.33. The highest BCUT2D eigenvalue weighted by molar-refractivity contribution is 5.81. The highest BCUT2D eigenvalue weighted by Gasteiger charge is 2.43. The van der Waals surface area contributed by atoms with Crippen LogP contribution in [-0.2, 0) is 23.1 Å². The van der Waals surface area contributed by atoms with Crippen molar-refractivity contribution in [3.8, 4) is 5.88 Å². The minimum Gasteiger partial charge on any atom is -0.493 e. The number of aromatic amines is 1. The Kier molecular flexibility index (Phi) is 7.81. The van der Waals surface area contributed by atoms with Gasteiger partial charge in [-0.3, -0.25) is 14.4 Å². The van der Waals surface area contributed by atoms with Crippen LogP contribution in [0.5, 0.6) is 5.88 Å². The van der Waals surface area contributed by atoms with Crippen LogP contribution in [0, 0.1) is 5.92 Å². The summed E-state index contributed by atoms with van der Waals surface area (Å²) >= 11 is 0. The fourth-order valence-electron chi connectivity index (χ4n) is 7.12. The van der Waals surface area contributed by atoms with Gasteiger partial charge in [-0.05, 0) is 67.4 Å². The van der Waals surface area contributed by atoms with E-state index in [4.69, 9.17) is 11.5 Å². The number of amides is 1. The lowest BCUT2D eigenvalue weighted by Crippen LogP contribution is -2.48. The molecule has 6 N–H and O–H groups in total. The lowest BCUT2D eigenvalue weighted by Gasteiger charge is -2.41. The first kappa shape index (κ1) is 26.4.